The molecule has 0 aromatic heterocycles. The van der Waals surface area contributed by atoms with Crippen molar-refractivity contribution < 1.29 is 13.6 Å². The summed E-state index contributed by atoms with van der Waals surface area (Å²) in [5.41, 5.74) is 1.50. The fourth-order valence-corrected chi connectivity index (χ4v) is 3.55. The van der Waals surface area contributed by atoms with Crippen molar-refractivity contribution in [2.24, 2.45) is 0 Å². The lowest BCUT2D eigenvalue weighted by Crippen LogP contribution is -2.01. The standard InChI is InChI=1S/C17H19O3P/c1-19-21(18,20-2)17(16-11-7-4-8-12-16)14-13-15-9-5-3-6-10-15/h3-14,17H,1-2H3/b14-13+. The number of hydrogen-bond acceptors (Lipinski definition) is 3. The van der Waals surface area contributed by atoms with Crippen LogP contribution >= 0.6 is 7.60 Å². The van der Waals surface area contributed by atoms with E-state index in [0.29, 0.717) is 0 Å². The molecule has 0 amide bonds. The van der Waals surface area contributed by atoms with Crippen LogP contribution in [-0.4, -0.2) is 14.2 Å². The van der Waals surface area contributed by atoms with Gasteiger partial charge in [-0.25, -0.2) is 0 Å². The molecule has 4 heteroatoms. The second-order valence-corrected chi connectivity index (χ2v) is 6.90. The van der Waals surface area contributed by atoms with Crippen molar-refractivity contribution in [3.05, 3.63) is 77.9 Å². The molecule has 0 fully saturated rings. The van der Waals surface area contributed by atoms with Crippen LogP contribution in [0.4, 0.5) is 0 Å². The minimum atomic E-state index is -3.24. The summed E-state index contributed by atoms with van der Waals surface area (Å²) in [5, 5.41) is 0. The maximum atomic E-state index is 12.8. The average Bonchev–Trinajstić information content (AvgIpc) is 2.56. The van der Waals surface area contributed by atoms with Gasteiger partial charge in [0.1, 0.15) is 5.66 Å². The zero-order chi connectivity index (χ0) is 15.1. The van der Waals surface area contributed by atoms with Gasteiger partial charge >= 0.3 is 7.60 Å². The van der Waals surface area contributed by atoms with E-state index in [0.717, 1.165) is 11.1 Å². The number of hydrogen-bond donors (Lipinski definition) is 0. The molecule has 2 rings (SSSR count). The highest BCUT2D eigenvalue weighted by Crippen LogP contribution is 2.60. The van der Waals surface area contributed by atoms with Gasteiger partial charge in [-0.15, -0.1) is 0 Å². The van der Waals surface area contributed by atoms with E-state index in [1.807, 2.05) is 72.8 Å². The Balaban J connectivity index is 2.38. The van der Waals surface area contributed by atoms with Crippen LogP contribution < -0.4 is 0 Å². The van der Waals surface area contributed by atoms with Crippen LogP contribution in [-0.2, 0) is 13.6 Å². The Morgan fingerprint density at radius 1 is 0.905 bits per heavy atom. The molecule has 0 saturated carbocycles. The average molecular weight is 302 g/mol. The first-order chi connectivity index (χ1) is 10.2. The van der Waals surface area contributed by atoms with Gasteiger partial charge in [0.15, 0.2) is 0 Å². The maximum Gasteiger partial charge on any atom is 0.341 e. The molecule has 0 aliphatic carbocycles. The van der Waals surface area contributed by atoms with Crippen LogP contribution in [0.25, 0.3) is 6.08 Å². The summed E-state index contributed by atoms with van der Waals surface area (Å²) in [5.74, 6) is 0. The van der Waals surface area contributed by atoms with Gasteiger partial charge in [-0.05, 0) is 11.1 Å². The lowest BCUT2D eigenvalue weighted by atomic mass is 10.1. The highest BCUT2D eigenvalue weighted by molar-refractivity contribution is 7.54. The van der Waals surface area contributed by atoms with Crippen LogP contribution in [0.15, 0.2) is 66.7 Å². The predicted octanol–water partition coefficient (Wildman–Crippen LogP) is 4.93. The van der Waals surface area contributed by atoms with E-state index < -0.39 is 13.3 Å². The largest absolute Gasteiger partial charge is 0.341 e. The van der Waals surface area contributed by atoms with Crippen LogP contribution in [0.2, 0.25) is 0 Å². The Hall–Kier alpha value is -1.67. The summed E-state index contributed by atoms with van der Waals surface area (Å²) in [6.45, 7) is 0. The zero-order valence-electron chi connectivity index (χ0n) is 12.2. The van der Waals surface area contributed by atoms with Crippen LogP contribution in [0, 0.1) is 0 Å². The first-order valence-corrected chi connectivity index (χ1v) is 8.30. The van der Waals surface area contributed by atoms with E-state index in [-0.39, 0.29) is 0 Å². The van der Waals surface area contributed by atoms with E-state index in [9.17, 15) is 4.57 Å². The third kappa shape index (κ3) is 3.92. The minimum Gasteiger partial charge on any atom is -0.311 e. The second-order valence-electron chi connectivity index (χ2n) is 4.53. The third-order valence-corrected chi connectivity index (χ3v) is 5.43. The molecule has 0 radical (unpaired) electrons. The van der Waals surface area contributed by atoms with Crippen molar-refractivity contribution in [1.29, 1.82) is 0 Å². The Morgan fingerprint density at radius 2 is 1.43 bits per heavy atom. The van der Waals surface area contributed by atoms with Crippen LogP contribution in [0.3, 0.4) is 0 Å². The molecule has 1 unspecified atom stereocenters. The SMILES string of the molecule is COP(=O)(OC)C(/C=C/c1ccccc1)c1ccccc1. The van der Waals surface area contributed by atoms with Gasteiger partial charge in [-0.2, -0.15) is 0 Å². The van der Waals surface area contributed by atoms with Crippen molar-refractivity contribution in [3.63, 3.8) is 0 Å². The summed E-state index contributed by atoms with van der Waals surface area (Å²) in [7, 11) is -0.410. The molecule has 21 heavy (non-hydrogen) atoms. The summed E-state index contributed by atoms with van der Waals surface area (Å²) >= 11 is 0. The minimum absolute atomic E-state index is 0.436. The Morgan fingerprint density at radius 3 is 1.95 bits per heavy atom. The topological polar surface area (TPSA) is 35.5 Å². The monoisotopic (exact) mass is 302 g/mol. The molecule has 110 valence electrons. The first-order valence-electron chi connectivity index (χ1n) is 6.69. The molecular formula is C17H19O3P. The van der Waals surface area contributed by atoms with Gasteiger partial charge in [0.25, 0.3) is 0 Å². The smallest absolute Gasteiger partial charge is 0.311 e. The van der Waals surface area contributed by atoms with Gasteiger partial charge < -0.3 is 9.05 Å². The lowest BCUT2D eigenvalue weighted by Gasteiger charge is -2.22. The molecule has 1 atom stereocenters. The van der Waals surface area contributed by atoms with Gasteiger partial charge in [-0.1, -0.05) is 72.8 Å². The molecule has 0 aliphatic rings. The summed E-state index contributed by atoms with van der Waals surface area (Å²) in [6, 6.07) is 19.4. The Kier molecular flexibility index (Phi) is 5.51. The molecule has 0 aliphatic heterocycles. The Labute approximate surface area is 125 Å². The molecular weight excluding hydrogens is 283 g/mol. The normalized spacial score (nSPS) is 13.4. The summed E-state index contributed by atoms with van der Waals surface area (Å²) < 4.78 is 23.1. The van der Waals surface area contributed by atoms with Gasteiger partial charge in [0, 0.05) is 14.2 Å². The van der Waals surface area contributed by atoms with Crippen molar-refractivity contribution in [2.75, 3.05) is 14.2 Å². The Bertz CT molecular complexity index is 615. The van der Waals surface area contributed by atoms with E-state index in [1.165, 1.54) is 14.2 Å². The second kappa shape index (κ2) is 7.37. The highest BCUT2D eigenvalue weighted by Gasteiger charge is 2.33. The third-order valence-electron chi connectivity index (χ3n) is 3.26. The maximum absolute atomic E-state index is 12.8. The molecule has 0 bridgehead atoms. The molecule has 0 spiro atoms. The molecule has 2 aromatic carbocycles. The van der Waals surface area contributed by atoms with Gasteiger partial charge in [0.05, 0.1) is 0 Å². The van der Waals surface area contributed by atoms with Crippen molar-refractivity contribution in [3.8, 4) is 0 Å². The fraction of sp³-hybridized carbons (Fsp3) is 0.176. The quantitative estimate of drug-likeness (QED) is 0.710. The molecule has 0 saturated heterocycles. The lowest BCUT2D eigenvalue weighted by molar-refractivity contribution is 0.270. The van der Waals surface area contributed by atoms with Crippen molar-refractivity contribution in [2.45, 2.75) is 5.66 Å². The van der Waals surface area contributed by atoms with E-state index in [2.05, 4.69) is 0 Å². The number of benzene rings is 2. The molecule has 3 nitrogen and oxygen atoms in total. The summed E-state index contributed by atoms with van der Waals surface area (Å²) in [4.78, 5) is 0. The van der Waals surface area contributed by atoms with Crippen molar-refractivity contribution >= 4 is 13.7 Å². The summed E-state index contributed by atoms with van der Waals surface area (Å²) in [6.07, 6.45) is 3.81. The van der Waals surface area contributed by atoms with Crippen LogP contribution in [0.5, 0.6) is 0 Å². The van der Waals surface area contributed by atoms with Gasteiger partial charge in [-0.3, -0.25) is 4.57 Å². The molecule has 0 heterocycles. The molecule has 0 N–H and O–H groups in total. The predicted molar refractivity (Wildman–Crippen MR) is 86.3 cm³/mol. The highest BCUT2D eigenvalue weighted by atomic mass is 31.2. The number of allylic oxidation sites excluding steroid dienone is 1. The van der Waals surface area contributed by atoms with E-state index in [1.54, 1.807) is 0 Å². The van der Waals surface area contributed by atoms with E-state index >= 15 is 0 Å². The molecule has 2 aromatic rings. The fourth-order valence-electron chi connectivity index (χ4n) is 2.12. The van der Waals surface area contributed by atoms with Crippen LogP contribution in [0.1, 0.15) is 16.8 Å². The zero-order valence-corrected chi connectivity index (χ0v) is 13.1. The van der Waals surface area contributed by atoms with E-state index in [4.69, 9.17) is 9.05 Å². The van der Waals surface area contributed by atoms with Crippen molar-refractivity contribution in [1.82, 2.24) is 0 Å². The van der Waals surface area contributed by atoms with Gasteiger partial charge in [0.2, 0.25) is 0 Å². The number of rotatable bonds is 6. The first kappa shape index (κ1) is 15.7.